The van der Waals surface area contributed by atoms with Crippen LogP contribution in [0.25, 0.3) is 0 Å². The average Bonchev–Trinajstić information content (AvgIpc) is 3.68. The van der Waals surface area contributed by atoms with Gasteiger partial charge in [0.15, 0.2) is 0 Å². The molecule has 1 heterocycles. The Hall–Kier alpha value is -7.95. The molecule has 1 fully saturated rings. The van der Waals surface area contributed by atoms with E-state index < -0.39 is 114 Å². The summed E-state index contributed by atoms with van der Waals surface area (Å²) in [5.74, 6) is -9.02. The molecule has 1 aliphatic rings. The first-order valence-corrected chi connectivity index (χ1v) is 30.1. The molecule has 1 saturated heterocycles. The Morgan fingerprint density at radius 3 is 1.75 bits per heavy atom. The maximum Gasteiger partial charge on any atom is 0.245 e. The molecule has 0 unspecified atom stereocenters. The van der Waals surface area contributed by atoms with E-state index in [2.05, 4.69) is 42.5 Å². The van der Waals surface area contributed by atoms with E-state index in [0.29, 0.717) is 28.1 Å². The van der Waals surface area contributed by atoms with Crippen LogP contribution in [0.5, 0.6) is 11.5 Å². The predicted octanol–water partition coefficient (Wildman–Crippen LogP) is -0.273. The second kappa shape index (κ2) is 34.1. The molecule has 1 aliphatic heterocycles. The number of rotatable bonds is 23. The first-order valence-electron chi connectivity index (χ1n) is 27.3. The summed E-state index contributed by atoms with van der Waals surface area (Å²) >= 11 is 6.08. The fourth-order valence-electron chi connectivity index (χ4n) is 8.55. The van der Waals surface area contributed by atoms with Gasteiger partial charge >= 0.3 is 0 Å². The molecule has 0 aliphatic carbocycles. The SMILES string of the molecule is C[C@@H](O)[C@@H]1NC(=O)[C@H](CCCCN)NC(=O)[C@@H](Cc2ccc(NC(=O)[C@@H](N)CCC(N)=O)cc2)NC(=O)[C@H](Cc2ccc(O)cc2)NC(=O)[C@H](NC(=O)CCc2ccc(Cl)cc2)CSSC[C@@H](C(=O)N[C@H](Cc2ccc(O)cc2)C(N)=O)NC1=O. The third-order valence-electron chi connectivity index (χ3n) is 13.4. The van der Waals surface area contributed by atoms with Crippen molar-refractivity contribution in [2.75, 3.05) is 23.4 Å². The largest absolute Gasteiger partial charge is 0.508 e. The van der Waals surface area contributed by atoms with Crippen molar-refractivity contribution in [3.8, 4) is 11.5 Å². The summed E-state index contributed by atoms with van der Waals surface area (Å²) in [4.78, 5) is 138. The van der Waals surface area contributed by atoms with Gasteiger partial charge in [-0.05, 0) is 116 Å². The zero-order chi connectivity index (χ0) is 62.2. The number of hydrogen-bond donors (Lipinski definition) is 15. The molecular weight excluding hydrogens is 1160 g/mol. The lowest BCUT2D eigenvalue weighted by atomic mass is 10.0. The highest BCUT2D eigenvalue weighted by Crippen LogP contribution is 2.25. The maximum absolute atomic E-state index is 14.9. The molecule has 28 heteroatoms. The van der Waals surface area contributed by atoms with Crippen LogP contribution in [0, 0.1) is 0 Å². The van der Waals surface area contributed by atoms with Gasteiger partial charge in [0.05, 0.1) is 12.1 Å². The lowest BCUT2D eigenvalue weighted by Gasteiger charge is -2.29. The van der Waals surface area contributed by atoms with Crippen LogP contribution in [0.3, 0.4) is 0 Å². The molecule has 19 N–H and O–H groups in total. The number of phenolic OH excluding ortho intramolecular Hbond substituents is 2. The van der Waals surface area contributed by atoms with Gasteiger partial charge in [-0.3, -0.25) is 47.9 Å². The minimum absolute atomic E-state index is 0.00961. The first kappa shape index (κ1) is 67.8. The van der Waals surface area contributed by atoms with Gasteiger partial charge in [0.2, 0.25) is 59.1 Å². The highest BCUT2D eigenvalue weighted by Gasteiger charge is 2.36. The van der Waals surface area contributed by atoms with Crippen LogP contribution in [0.1, 0.15) is 67.7 Å². The Morgan fingerprint density at radius 2 is 1.19 bits per heavy atom. The van der Waals surface area contributed by atoms with Crippen molar-refractivity contribution in [1.82, 2.24) is 37.2 Å². The van der Waals surface area contributed by atoms with Crippen LogP contribution < -0.4 is 65.5 Å². The Kier molecular flexibility index (Phi) is 27.2. The summed E-state index contributed by atoms with van der Waals surface area (Å²) in [5, 5.41) is 52.7. The molecule has 10 amide bonds. The second-order valence-electron chi connectivity index (χ2n) is 20.3. The van der Waals surface area contributed by atoms with E-state index in [-0.39, 0.29) is 93.0 Å². The van der Waals surface area contributed by atoms with Crippen molar-refractivity contribution >= 4 is 97.9 Å². The minimum atomic E-state index is -1.77. The number of unbranched alkanes of at least 4 members (excludes halogenated alkanes) is 1. The first-order chi connectivity index (χ1) is 40.5. The lowest BCUT2D eigenvalue weighted by molar-refractivity contribution is -0.136. The smallest absolute Gasteiger partial charge is 0.245 e. The molecule has 9 atom stereocenters. The molecule has 0 spiro atoms. The zero-order valence-electron chi connectivity index (χ0n) is 46.6. The fourth-order valence-corrected chi connectivity index (χ4v) is 11.0. The van der Waals surface area contributed by atoms with Gasteiger partial charge in [0.1, 0.15) is 53.8 Å². The predicted molar refractivity (Wildman–Crippen MR) is 321 cm³/mol. The maximum atomic E-state index is 14.9. The number of carbonyl (C=O) groups excluding carboxylic acids is 10. The summed E-state index contributed by atoms with van der Waals surface area (Å²) in [7, 11) is 1.95. The van der Waals surface area contributed by atoms with Crippen LogP contribution in [-0.4, -0.2) is 147 Å². The van der Waals surface area contributed by atoms with E-state index in [1.54, 1.807) is 36.4 Å². The normalized spacial score (nSPS) is 20.3. The van der Waals surface area contributed by atoms with Gasteiger partial charge in [0.25, 0.3) is 0 Å². The standard InChI is InChI=1S/C57H73ClN12O13S2/c1-31(71)49-57(83)69-46(56(82)66-42(50(62)76)26-34-9-18-38(72)19-10-34)30-85-84-29-45(64-48(75)24-13-32-5-14-36(58)15-6-32)55(81)68-44(28-35-11-20-39(73)21-12-35)54(80)67-43(53(79)65-41(52(78)70-49)4-2-3-25-59)27-33-7-16-37(17-8-33)63-51(77)40(60)22-23-47(61)74/h5-12,14-21,31,40-46,49,71-73H,2-4,13,22-30,59-60H2,1H3,(H2,61,74)(H2,62,76)(H,63,77)(H,64,75)(H,65,79)(H,66,82)(H,67,80)(H,68,81)(H,69,83)(H,70,78)/t31-,40+,41+,42-,43-,44+,45-,46+,49+/m1/s1. The Balaban J connectivity index is 1.56. The third kappa shape index (κ3) is 23.2. The van der Waals surface area contributed by atoms with Crippen molar-refractivity contribution in [3.63, 3.8) is 0 Å². The van der Waals surface area contributed by atoms with Crippen LogP contribution >= 0.6 is 33.2 Å². The summed E-state index contributed by atoms with van der Waals surface area (Å²) in [5.41, 5.74) is 25.1. The minimum Gasteiger partial charge on any atom is -0.508 e. The third-order valence-corrected chi connectivity index (χ3v) is 16.1. The number of nitrogens with one attached hydrogen (secondary N) is 8. The molecule has 4 aromatic carbocycles. The van der Waals surface area contributed by atoms with Crippen LogP contribution in [-0.2, 0) is 73.6 Å². The number of aryl methyl sites for hydroxylation is 1. The van der Waals surface area contributed by atoms with E-state index in [9.17, 15) is 63.3 Å². The molecule has 85 heavy (non-hydrogen) atoms. The summed E-state index contributed by atoms with van der Waals surface area (Å²) < 4.78 is 0. The van der Waals surface area contributed by atoms with E-state index >= 15 is 0 Å². The molecule has 5 rings (SSSR count). The number of hydrogen-bond acceptors (Lipinski definition) is 17. The highest BCUT2D eigenvalue weighted by molar-refractivity contribution is 8.76. The number of aromatic hydroxyl groups is 2. The Morgan fingerprint density at radius 1 is 0.659 bits per heavy atom. The van der Waals surface area contributed by atoms with E-state index in [1.807, 2.05) is 0 Å². The number of nitrogens with two attached hydrogens (primary N) is 4. The molecule has 0 radical (unpaired) electrons. The number of halogens is 1. The van der Waals surface area contributed by atoms with Gasteiger partial charge < -0.3 is 80.8 Å². The van der Waals surface area contributed by atoms with Crippen molar-refractivity contribution in [1.29, 1.82) is 0 Å². The van der Waals surface area contributed by atoms with E-state index in [0.717, 1.165) is 27.2 Å². The zero-order valence-corrected chi connectivity index (χ0v) is 48.9. The fraction of sp³-hybridized carbons (Fsp3) is 0.404. The quantitative estimate of drug-likeness (QED) is 0.0336. The summed E-state index contributed by atoms with van der Waals surface area (Å²) in [6, 6.07) is 12.8. The van der Waals surface area contributed by atoms with Crippen LogP contribution in [0.2, 0.25) is 5.02 Å². The van der Waals surface area contributed by atoms with Gasteiger partial charge in [-0.2, -0.15) is 0 Å². The number of benzene rings is 4. The number of phenols is 2. The average molecular weight is 1230 g/mol. The van der Waals surface area contributed by atoms with Crippen molar-refractivity contribution < 1.29 is 63.3 Å². The molecule has 458 valence electrons. The van der Waals surface area contributed by atoms with Gasteiger partial charge in [-0.15, -0.1) is 0 Å². The summed E-state index contributed by atoms with van der Waals surface area (Å²) in [6.45, 7) is 1.40. The number of primary amides is 2. The highest BCUT2D eigenvalue weighted by atomic mass is 35.5. The lowest BCUT2D eigenvalue weighted by Crippen LogP contribution is -2.62. The van der Waals surface area contributed by atoms with Gasteiger partial charge in [-0.1, -0.05) is 81.7 Å². The Labute approximate surface area is 503 Å². The number of aliphatic hydroxyl groups excluding tert-OH is 1. The molecule has 0 aromatic heterocycles. The number of aliphatic hydroxyl groups is 1. The van der Waals surface area contributed by atoms with Crippen LogP contribution in [0.4, 0.5) is 5.69 Å². The van der Waals surface area contributed by atoms with Gasteiger partial charge in [-0.25, -0.2) is 0 Å². The molecule has 4 aromatic rings. The Bertz CT molecular complexity index is 2950. The second-order valence-corrected chi connectivity index (χ2v) is 23.3. The topological polar surface area (TPSA) is 432 Å². The summed E-state index contributed by atoms with van der Waals surface area (Å²) in [6.07, 6.45) is -1.65. The number of carbonyl (C=O) groups is 10. The molecule has 0 saturated carbocycles. The molecule has 0 bridgehead atoms. The van der Waals surface area contributed by atoms with Crippen LogP contribution in [0.15, 0.2) is 97.1 Å². The monoisotopic (exact) mass is 1230 g/mol. The van der Waals surface area contributed by atoms with E-state index in [4.69, 9.17) is 34.5 Å². The van der Waals surface area contributed by atoms with Crippen molar-refractivity contribution in [2.45, 2.75) is 126 Å². The molecular formula is C57H73ClN12O13S2. The number of anilines is 1. The number of amides is 10. The van der Waals surface area contributed by atoms with Crippen molar-refractivity contribution in [3.05, 3.63) is 124 Å². The van der Waals surface area contributed by atoms with E-state index in [1.165, 1.54) is 67.6 Å². The molecule has 25 nitrogen and oxygen atoms in total. The van der Waals surface area contributed by atoms with Crippen molar-refractivity contribution in [2.24, 2.45) is 22.9 Å². The van der Waals surface area contributed by atoms with Gasteiger partial charge in [0, 0.05) is 54.3 Å².